The average Bonchev–Trinajstić information content (AvgIpc) is 3.22. The second-order valence-corrected chi connectivity index (χ2v) is 6.87. The molecule has 1 aromatic carbocycles. The number of carbonyl (C=O) groups is 2. The Hall–Kier alpha value is -2.14. The number of ether oxygens (including phenoxy) is 1. The molecule has 2 amide bonds. The lowest BCUT2D eigenvalue weighted by atomic mass is 9.77. The summed E-state index contributed by atoms with van der Waals surface area (Å²) >= 11 is 0. The van der Waals surface area contributed by atoms with E-state index in [2.05, 4.69) is 5.32 Å². The molecule has 5 nitrogen and oxygen atoms in total. The number of carbonyl (C=O) groups excluding carboxylic acids is 2. The maximum atomic E-state index is 13.0. The minimum absolute atomic E-state index is 0.0300. The van der Waals surface area contributed by atoms with Crippen molar-refractivity contribution in [1.82, 2.24) is 10.2 Å². The Morgan fingerprint density at radius 3 is 2.92 bits per heavy atom. The number of hydrogen-bond acceptors (Lipinski definition) is 3. The van der Waals surface area contributed by atoms with Crippen molar-refractivity contribution in [2.45, 2.75) is 31.6 Å². The lowest BCUT2D eigenvalue weighted by Crippen LogP contribution is -2.44. The van der Waals surface area contributed by atoms with E-state index in [9.17, 15) is 9.59 Å². The molecule has 1 N–H and O–H groups in total. The van der Waals surface area contributed by atoms with Crippen molar-refractivity contribution in [3.8, 4) is 0 Å². The van der Waals surface area contributed by atoms with Crippen LogP contribution in [0.1, 0.15) is 18.9 Å². The smallest absolute Gasteiger partial charge is 0.230 e. The molecule has 1 spiro atoms. The topological polar surface area (TPSA) is 58.6 Å². The molecule has 126 valence electrons. The predicted octanol–water partition coefficient (Wildman–Crippen LogP) is 1.49. The van der Waals surface area contributed by atoms with Gasteiger partial charge in [0.1, 0.15) is 5.60 Å². The Balaban J connectivity index is 1.56. The van der Waals surface area contributed by atoms with Crippen LogP contribution in [0.25, 0.3) is 0 Å². The minimum Gasteiger partial charge on any atom is -0.360 e. The normalized spacial score (nSPS) is 33.1. The average molecular weight is 326 g/mol. The number of benzene rings is 1. The van der Waals surface area contributed by atoms with Crippen molar-refractivity contribution in [3.63, 3.8) is 0 Å². The molecular weight excluding hydrogens is 304 g/mol. The van der Waals surface area contributed by atoms with Crippen LogP contribution in [-0.2, 0) is 20.9 Å². The summed E-state index contributed by atoms with van der Waals surface area (Å²) in [6, 6.07) is 9.93. The molecule has 3 aliphatic rings. The van der Waals surface area contributed by atoms with Gasteiger partial charge in [-0.2, -0.15) is 0 Å². The van der Waals surface area contributed by atoms with Crippen molar-refractivity contribution in [2.75, 3.05) is 13.1 Å². The Bertz CT molecular complexity index is 687. The molecule has 0 saturated carbocycles. The van der Waals surface area contributed by atoms with Crippen molar-refractivity contribution < 1.29 is 14.3 Å². The van der Waals surface area contributed by atoms with E-state index < -0.39 is 17.4 Å². The Labute approximate surface area is 141 Å². The standard InChI is InChI=1S/C19H22N2O3/c1-2-10-20-17(22)15-14-8-9-19(24-14)12-21(18(23)16(15)19)11-13-6-4-3-5-7-13/h3-9,14-16H,2,10-12H2,1H3,(H,20,22)/t14-,15-,16+,19+/m1/s1. The van der Waals surface area contributed by atoms with E-state index in [0.29, 0.717) is 19.6 Å². The molecule has 0 unspecified atom stereocenters. The van der Waals surface area contributed by atoms with E-state index in [4.69, 9.17) is 4.74 Å². The van der Waals surface area contributed by atoms with E-state index in [1.54, 1.807) is 0 Å². The first-order valence-electron chi connectivity index (χ1n) is 8.62. The molecule has 24 heavy (non-hydrogen) atoms. The molecule has 1 aromatic rings. The molecule has 4 rings (SSSR count). The van der Waals surface area contributed by atoms with Crippen LogP contribution in [0.5, 0.6) is 0 Å². The number of hydrogen-bond donors (Lipinski definition) is 1. The second kappa shape index (κ2) is 5.74. The molecule has 0 aromatic heterocycles. The molecule has 2 bridgehead atoms. The van der Waals surface area contributed by atoms with Crippen molar-refractivity contribution in [2.24, 2.45) is 11.8 Å². The van der Waals surface area contributed by atoms with Gasteiger partial charge in [0, 0.05) is 13.1 Å². The van der Waals surface area contributed by atoms with Gasteiger partial charge in [0.15, 0.2) is 0 Å². The number of rotatable bonds is 5. The number of likely N-dealkylation sites (tertiary alicyclic amines) is 1. The summed E-state index contributed by atoms with van der Waals surface area (Å²) in [5, 5.41) is 2.93. The van der Waals surface area contributed by atoms with Crippen LogP contribution in [0.4, 0.5) is 0 Å². The fraction of sp³-hybridized carbons (Fsp3) is 0.474. The first-order valence-corrected chi connectivity index (χ1v) is 8.62. The lowest BCUT2D eigenvalue weighted by Gasteiger charge is -2.23. The van der Waals surface area contributed by atoms with Crippen LogP contribution in [0.2, 0.25) is 0 Å². The zero-order chi connectivity index (χ0) is 16.7. The third kappa shape index (κ3) is 2.26. The van der Waals surface area contributed by atoms with Gasteiger partial charge in [-0.1, -0.05) is 49.4 Å². The first kappa shape index (κ1) is 15.4. The molecule has 0 aliphatic carbocycles. The van der Waals surface area contributed by atoms with Gasteiger partial charge in [-0.05, 0) is 12.0 Å². The molecular formula is C19H22N2O3. The SMILES string of the molecule is CCCNC(=O)[C@H]1[C@H]2C(=O)N(Cc3ccccc3)C[C@@]23C=C[C@H]1O3. The van der Waals surface area contributed by atoms with E-state index >= 15 is 0 Å². The summed E-state index contributed by atoms with van der Waals surface area (Å²) in [7, 11) is 0. The third-order valence-electron chi connectivity index (χ3n) is 5.25. The maximum Gasteiger partial charge on any atom is 0.230 e. The first-order chi connectivity index (χ1) is 11.6. The zero-order valence-corrected chi connectivity index (χ0v) is 13.8. The number of amides is 2. The number of nitrogens with zero attached hydrogens (tertiary/aromatic N) is 1. The van der Waals surface area contributed by atoms with E-state index in [1.807, 2.05) is 54.3 Å². The lowest BCUT2D eigenvalue weighted by molar-refractivity contribution is -0.137. The highest BCUT2D eigenvalue weighted by Crippen LogP contribution is 2.52. The summed E-state index contributed by atoms with van der Waals surface area (Å²) in [4.78, 5) is 27.4. The van der Waals surface area contributed by atoms with Crippen LogP contribution in [0.15, 0.2) is 42.5 Å². The Morgan fingerprint density at radius 2 is 2.17 bits per heavy atom. The molecule has 5 heteroatoms. The van der Waals surface area contributed by atoms with Gasteiger partial charge in [0.05, 0.1) is 24.5 Å². The van der Waals surface area contributed by atoms with Gasteiger partial charge >= 0.3 is 0 Å². The maximum absolute atomic E-state index is 13.0. The molecule has 4 atom stereocenters. The monoisotopic (exact) mass is 326 g/mol. The quantitative estimate of drug-likeness (QED) is 0.834. The summed E-state index contributed by atoms with van der Waals surface area (Å²) in [6.07, 6.45) is 4.56. The summed E-state index contributed by atoms with van der Waals surface area (Å²) in [5.41, 5.74) is 0.470. The van der Waals surface area contributed by atoms with Crippen LogP contribution in [0, 0.1) is 11.8 Å². The van der Waals surface area contributed by atoms with Crippen molar-refractivity contribution in [3.05, 3.63) is 48.0 Å². The van der Waals surface area contributed by atoms with E-state index in [1.165, 1.54) is 0 Å². The molecule has 0 radical (unpaired) electrons. The van der Waals surface area contributed by atoms with Crippen molar-refractivity contribution in [1.29, 1.82) is 0 Å². The second-order valence-electron chi connectivity index (χ2n) is 6.87. The highest BCUT2D eigenvalue weighted by Gasteiger charge is 2.66. The summed E-state index contributed by atoms with van der Waals surface area (Å²) < 4.78 is 6.10. The molecule has 3 aliphatic heterocycles. The highest BCUT2D eigenvalue weighted by molar-refractivity contribution is 5.93. The largest absolute Gasteiger partial charge is 0.360 e. The van der Waals surface area contributed by atoms with E-state index in [-0.39, 0.29) is 17.9 Å². The van der Waals surface area contributed by atoms with E-state index in [0.717, 1.165) is 12.0 Å². The predicted molar refractivity (Wildman–Crippen MR) is 88.9 cm³/mol. The third-order valence-corrected chi connectivity index (χ3v) is 5.25. The molecule has 2 fully saturated rings. The fourth-order valence-electron chi connectivity index (χ4n) is 4.18. The highest BCUT2D eigenvalue weighted by atomic mass is 16.5. The van der Waals surface area contributed by atoms with Crippen LogP contribution < -0.4 is 5.32 Å². The molecule has 2 saturated heterocycles. The van der Waals surface area contributed by atoms with Crippen LogP contribution in [-0.4, -0.2) is 41.5 Å². The summed E-state index contributed by atoms with van der Waals surface area (Å²) in [5.74, 6) is -0.835. The van der Waals surface area contributed by atoms with Gasteiger partial charge < -0.3 is 15.0 Å². The van der Waals surface area contributed by atoms with Gasteiger partial charge in [0.25, 0.3) is 0 Å². The number of fused-ring (bicyclic) bond motifs is 1. The number of nitrogens with one attached hydrogen (secondary N) is 1. The zero-order valence-electron chi connectivity index (χ0n) is 13.8. The van der Waals surface area contributed by atoms with Gasteiger partial charge in [-0.3, -0.25) is 9.59 Å². The van der Waals surface area contributed by atoms with Crippen LogP contribution >= 0.6 is 0 Å². The Morgan fingerprint density at radius 1 is 1.38 bits per heavy atom. The fourth-order valence-corrected chi connectivity index (χ4v) is 4.18. The summed E-state index contributed by atoms with van der Waals surface area (Å²) in [6.45, 7) is 3.73. The molecule has 3 heterocycles. The van der Waals surface area contributed by atoms with Crippen molar-refractivity contribution >= 4 is 11.8 Å². The minimum atomic E-state index is -0.620. The van der Waals surface area contributed by atoms with Gasteiger partial charge in [-0.25, -0.2) is 0 Å². The van der Waals surface area contributed by atoms with Gasteiger partial charge in [0.2, 0.25) is 11.8 Å². The Kier molecular flexibility index (Phi) is 3.68. The van der Waals surface area contributed by atoms with Crippen LogP contribution in [0.3, 0.4) is 0 Å². The van der Waals surface area contributed by atoms with Gasteiger partial charge in [-0.15, -0.1) is 0 Å².